The lowest BCUT2D eigenvalue weighted by molar-refractivity contribution is -0.147. The van der Waals surface area contributed by atoms with Crippen LogP contribution >= 0.6 is 0 Å². The smallest absolute Gasteiger partial charge is 0.323 e. The maximum Gasteiger partial charge on any atom is 0.323 e. The highest BCUT2D eigenvalue weighted by molar-refractivity contribution is 5.74. The summed E-state index contributed by atoms with van der Waals surface area (Å²) in [4.78, 5) is 10.9. The van der Waals surface area contributed by atoms with Gasteiger partial charge in [-0.2, -0.15) is 5.26 Å². The number of carbonyl (C=O) groups excluding carboxylic acids is 1. The maximum absolute atomic E-state index is 10.9. The van der Waals surface area contributed by atoms with Crippen molar-refractivity contribution < 1.29 is 9.53 Å². The second-order valence-electron chi connectivity index (χ2n) is 2.99. The monoisotopic (exact) mass is 169 g/mol. The molecule has 0 saturated carbocycles. The van der Waals surface area contributed by atoms with Gasteiger partial charge in [0, 0.05) is 0 Å². The van der Waals surface area contributed by atoms with Crippen LogP contribution in [0, 0.1) is 23.2 Å². The van der Waals surface area contributed by atoms with Crippen molar-refractivity contribution >= 4 is 5.97 Å². The Morgan fingerprint density at radius 3 is 2.58 bits per heavy atom. The van der Waals surface area contributed by atoms with E-state index in [1.54, 1.807) is 6.92 Å². The molecule has 0 radical (unpaired) electrons. The molecule has 0 bridgehead atoms. The fraction of sp³-hybridized carbons (Fsp3) is 0.778. The number of esters is 1. The lowest BCUT2D eigenvalue weighted by Gasteiger charge is -2.09. The first-order chi connectivity index (χ1) is 5.61. The zero-order chi connectivity index (χ0) is 9.56. The minimum absolute atomic E-state index is 0.375. The molecule has 0 heterocycles. The summed E-state index contributed by atoms with van der Waals surface area (Å²) in [5.41, 5.74) is 0. The Kier molecular flexibility index (Phi) is 5.11. The van der Waals surface area contributed by atoms with Gasteiger partial charge in [-0.1, -0.05) is 20.3 Å². The van der Waals surface area contributed by atoms with Gasteiger partial charge in [0.05, 0.1) is 12.7 Å². The van der Waals surface area contributed by atoms with E-state index in [0.29, 0.717) is 12.5 Å². The topological polar surface area (TPSA) is 50.1 Å². The van der Waals surface area contributed by atoms with Gasteiger partial charge >= 0.3 is 5.97 Å². The summed E-state index contributed by atoms with van der Waals surface area (Å²) < 4.78 is 4.89. The first-order valence-corrected chi connectivity index (χ1v) is 4.18. The van der Waals surface area contributed by atoms with Gasteiger partial charge in [-0.05, 0) is 12.8 Å². The van der Waals surface area contributed by atoms with Crippen LogP contribution in [0.1, 0.15) is 27.2 Å². The highest BCUT2D eigenvalue weighted by Crippen LogP contribution is 2.03. The molecule has 2 atom stereocenters. The molecular weight excluding hydrogens is 154 g/mol. The van der Waals surface area contributed by atoms with Crippen LogP contribution in [0.5, 0.6) is 0 Å². The van der Waals surface area contributed by atoms with E-state index in [0.717, 1.165) is 6.42 Å². The van der Waals surface area contributed by atoms with E-state index in [-0.39, 0.29) is 0 Å². The Labute approximate surface area is 73.3 Å². The number of carbonyl (C=O) groups is 1. The van der Waals surface area contributed by atoms with Gasteiger partial charge in [0.1, 0.15) is 5.92 Å². The number of hydrogen-bond donors (Lipinski definition) is 0. The quantitative estimate of drug-likeness (QED) is 0.602. The molecular formula is C9H15NO2. The van der Waals surface area contributed by atoms with Crippen LogP contribution in [-0.4, -0.2) is 12.6 Å². The normalized spacial score (nSPS) is 14.5. The van der Waals surface area contributed by atoms with Crippen molar-refractivity contribution in [1.29, 1.82) is 5.26 Å². The van der Waals surface area contributed by atoms with E-state index in [9.17, 15) is 4.79 Å². The zero-order valence-corrected chi connectivity index (χ0v) is 7.83. The number of nitrogens with zero attached hydrogens (tertiary/aromatic N) is 1. The molecule has 3 nitrogen and oxygen atoms in total. The van der Waals surface area contributed by atoms with Crippen molar-refractivity contribution in [2.24, 2.45) is 11.8 Å². The van der Waals surface area contributed by atoms with Crippen molar-refractivity contribution in [2.45, 2.75) is 27.2 Å². The molecule has 0 aromatic carbocycles. The molecule has 0 N–H and O–H groups in total. The molecule has 0 aliphatic heterocycles. The summed E-state index contributed by atoms with van der Waals surface area (Å²) in [7, 11) is 0. The number of hydrogen-bond acceptors (Lipinski definition) is 3. The van der Waals surface area contributed by atoms with E-state index in [1.807, 2.05) is 19.9 Å². The molecule has 0 aromatic heterocycles. The Hall–Kier alpha value is -1.04. The van der Waals surface area contributed by atoms with E-state index in [1.165, 1.54) is 0 Å². The third-order valence-electron chi connectivity index (χ3n) is 1.75. The molecule has 0 aliphatic rings. The molecule has 3 heteroatoms. The number of nitriles is 1. The summed E-state index contributed by atoms with van der Waals surface area (Å²) in [5.74, 6) is -0.688. The standard InChI is InChI=1S/C9H15NO2/c1-4-7(2)6-12-9(11)8(3)5-10/h7-8H,4,6H2,1-3H3. The van der Waals surface area contributed by atoms with Crippen LogP contribution in [0.3, 0.4) is 0 Å². The number of rotatable bonds is 4. The zero-order valence-electron chi connectivity index (χ0n) is 7.83. The first kappa shape index (κ1) is 11.0. The molecule has 0 aromatic rings. The van der Waals surface area contributed by atoms with Crippen LogP contribution in [0.2, 0.25) is 0 Å². The van der Waals surface area contributed by atoms with Crippen molar-refractivity contribution in [3.63, 3.8) is 0 Å². The molecule has 0 saturated heterocycles. The van der Waals surface area contributed by atoms with Crippen molar-refractivity contribution in [1.82, 2.24) is 0 Å². The van der Waals surface area contributed by atoms with Crippen molar-refractivity contribution in [3.8, 4) is 6.07 Å². The summed E-state index contributed by atoms with van der Waals surface area (Å²) in [6.07, 6.45) is 0.980. The molecule has 0 spiro atoms. The van der Waals surface area contributed by atoms with E-state index in [4.69, 9.17) is 10.00 Å². The van der Waals surface area contributed by atoms with Gasteiger partial charge in [-0.25, -0.2) is 0 Å². The predicted octanol–water partition coefficient (Wildman–Crippen LogP) is 1.74. The minimum atomic E-state index is -0.644. The van der Waals surface area contributed by atoms with Crippen LogP contribution in [-0.2, 0) is 9.53 Å². The van der Waals surface area contributed by atoms with Gasteiger partial charge < -0.3 is 4.74 Å². The highest BCUT2D eigenvalue weighted by atomic mass is 16.5. The fourth-order valence-electron chi connectivity index (χ4n) is 0.520. The summed E-state index contributed by atoms with van der Waals surface area (Å²) in [5, 5.41) is 8.38. The molecule has 0 fully saturated rings. The SMILES string of the molecule is CCC(C)COC(=O)C(C)C#N. The van der Waals surface area contributed by atoms with Crippen LogP contribution in [0.25, 0.3) is 0 Å². The predicted molar refractivity (Wildman–Crippen MR) is 45.2 cm³/mol. The average Bonchev–Trinajstić information content (AvgIpc) is 2.11. The Balaban J connectivity index is 3.66. The Bertz CT molecular complexity index is 183. The average molecular weight is 169 g/mol. The summed E-state index contributed by atoms with van der Waals surface area (Å²) >= 11 is 0. The maximum atomic E-state index is 10.9. The van der Waals surface area contributed by atoms with Gasteiger partial charge in [0.2, 0.25) is 0 Å². The Morgan fingerprint density at radius 1 is 1.58 bits per heavy atom. The van der Waals surface area contributed by atoms with Gasteiger partial charge in [0.25, 0.3) is 0 Å². The van der Waals surface area contributed by atoms with Crippen LogP contribution in [0.4, 0.5) is 0 Å². The third kappa shape index (κ3) is 3.97. The largest absolute Gasteiger partial charge is 0.464 e. The second kappa shape index (κ2) is 5.59. The lowest BCUT2D eigenvalue weighted by Crippen LogP contribution is -2.16. The summed E-state index contributed by atoms with van der Waals surface area (Å²) in [6, 6.07) is 1.83. The molecule has 2 unspecified atom stereocenters. The van der Waals surface area contributed by atoms with E-state index >= 15 is 0 Å². The third-order valence-corrected chi connectivity index (χ3v) is 1.75. The van der Waals surface area contributed by atoms with Gasteiger partial charge in [0.15, 0.2) is 0 Å². The lowest BCUT2D eigenvalue weighted by atomic mass is 10.1. The molecule has 0 amide bonds. The molecule has 0 rings (SSSR count). The highest BCUT2D eigenvalue weighted by Gasteiger charge is 2.13. The van der Waals surface area contributed by atoms with Crippen LogP contribution in [0.15, 0.2) is 0 Å². The van der Waals surface area contributed by atoms with Crippen LogP contribution < -0.4 is 0 Å². The number of ether oxygens (including phenoxy) is 1. The van der Waals surface area contributed by atoms with E-state index < -0.39 is 11.9 Å². The second-order valence-corrected chi connectivity index (χ2v) is 2.99. The molecule has 68 valence electrons. The summed E-state index contributed by atoms with van der Waals surface area (Å²) in [6.45, 7) is 6.00. The first-order valence-electron chi connectivity index (χ1n) is 4.18. The van der Waals surface area contributed by atoms with Crippen molar-refractivity contribution in [2.75, 3.05) is 6.61 Å². The fourth-order valence-corrected chi connectivity index (χ4v) is 0.520. The molecule has 0 aliphatic carbocycles. The minimum Gasteiger partial charge on any atom is -0.464 e. The molecule has 12 heavy (non-hydrogen) atoms. The van der Waals surface area contributed by atoms with E-state index in [2.05, 4.69) is 0 Å². The van der Waals surface area contributed by atoms with Crippen molar-refractivity contribution in [3.05, 3.63) is 0 Å². The Morgan fingerprint density at radius 2 is 2.17 bits per heavy atom. The van der Waals surface area contributed by atoms with Gasteiger partial charge in [-0.3, -0.25) is 4.79 Å². The van der Waals surface area contributed by atoms with Gasteiger partial charge in [-0.15, -0.1) is 0 Å².